The molecule has 1 amide bonds. The molecule has 1 aliphatic heterocycles. The van der Waals surface area contributed by atoms with Crippen molar-refractivity contribution in [1.29, 1.82) is 0 Å². The van der Waals surface area contributed by atoms with Gasteiger partial charge in [0.05, 0.1) is 0 Å². The number of nitrogens with zero attached hydrogens (tertiary/aromatic N) is 1. The molecular formula is C17H24N2O2. The number of pyridine rings is 1. The van der Waals surface area contributed by atoms with Gasteiger partial charge in [-0.3, -0.25) is 9.59 Å². The molecule has 0 bridgehead atoms. The minimum absolute atomic E-state index is 0.105. The maximum Gasteiger partial charge on any atom is 0.261 e. The summed E-state index contributed by atoms with van der Waals surface area (Å²) in [5, 5.41) is 0. The third-order valence-corrected chi connectivity index (χ3v) is 4.85. The summed E-state index contributed by atoms with van der Waals surface area (Å²) in [6.07, 6.45) is 9.34. The summed E-state index contributed by atoms with van der Waals surface area (Å²) in [7, 11) is 0. The highest BCUT2D eigenvalue weighted by Crippen LogP contribution is 2.31. The van der Waals surface area contributed by atoms with Crippen molar-refractivity contribution in [3.63, 3.8) is 0 Å². The highest BCUT2D eigenvalue weighted by molar-refractivity contribution is 5.93. The van der Waals surface area contributed by atoms with Gasteiger partial charge >= 0.3 is 0 Å². The van der Waals surface area contributed by atoms with Crippen LogP contribution in [0.2, 0.25) is 0 Å². The molecule has 4 heteroatoms. The number of aromatic amines is 1. The van der Waals surface area contributed by atoms with Crippen molar-refractivity contribution in [3.05, 3.63) is 33.7 Å². The summed E-state index contributed by atoms with van der Waals surface area (Å²) in [6.45, 7) is 1.56. The zero-order valence-electron chi connectivity index (χ0n) is 12.6. The fourth-order valence-corrected chi connectivity index (χ4v) is 3.58. The van der Waals surface area contributed by atoms with Crippen LogP contribution >= 0.6 is 0 Å². The lowest BCUT2D eigenvalue weighted by Gasteiger charge is -2.26. The number of hydrogen-bond acceptors (Lipinski definition) is 2. The molecular weight excluding hydrogens is 264 g/mol. The zero-order valence-corrected chi connectivity index (χ0v) is 12.6. The van der Waals surface area contributed by atoms with Gasteiger partial charge in [-0.25, -0.2) is 0 Å². The van der Waals surface area contributed by atoms with Gasteiger partial charge in [0.25, 0.3) is 11.5 Å². The Morgan fingerprint density at radius 1 is 1.00 bits per heavy atom. The summed E-state index contributed by atoms with van der Waals surface area (Å²) in [4.78, 5) is 29.5. The van der Waals surface area contributed by atoms with Crippen molar-refractivity contribution >= 4 is 5.91 Å². The topological polar surface area (TPSA) is 53.2 Å². The van der Waals surface area contributed by atoms with Crippen LogP contribution in [0.4, 0.5) is 0 Å². The van der Waals surface area contributed by atoms with E-state index in [0.717, 1.165) is 44.5 Å². The number of amides is 1. The Hall–Kier alpha value is -1.58. The maximum atomic E-state index is 12.4. The Morgan fingerprint density at radius 3 is 2.33 bits per heavy atom. The van der Waals surface area contributed by atoms with E-state index in [9.17, 15) is 9.59 Å². The van der Waals surface area contributed by atoms with Gasteiger partial charge in [-0.2, -0.15) is 0 Å². The van der Waals surface area contributed by atoms with Crippen molar-refractivity contribution in [1.82, 2.24) is 9.88 Å². The molecule has 0 unspecified atom stereocenters. The Kier molecular flexibility index (Phi) is 4.42. The van der Waals surface area contributed by atoms with Crippen LogP contribution < -0.4 is 5.56 Å². The molecule has 1 saturated heterocycles. The van der Waals surface area contributed by atoms with Crippen LogP contribution in [-0.4, -0.2) is 28.9 Å². The third-order valence-electron chi connectivity index (χ3n) is 4.85. The van der Waals surface area contributed by atoms with Crippen molar-refractivity contribution in [2.24, 2.45) is 0 Å². The van der Waals surface area contributed by atoms with Crippen LogP contribution in [0.5, 0.6) is 0 Å². The molecule has 1 aromatic heterocycles. The van der Waals surface area contributed by atoms with Gasteiger partial charge in [0.1, 0.15) is 5.56 Å². The lowest BCUT2D eigenvalue weighted by Crippen LogP contribution is -2.38. The number of carbonyl (C=O) groups is 1. The predicted octanol–water partition coefficient (Wildman–Crippen LogP) is 3.05. The van der Waals surface area contributed by atoms with Crippen LogP contribution in [0.1, 0.15) is 73.3 Å². The molecule has 2 aliphatic rings. The molecule has 1 saturated carbocycles. The summed E-state index contributed by atoms with van der Waals surface area (Å²) >= 11 is 0. The second-order valence-corrected chi connectivity index (χ2v) is 6.34. The monoisotopic (exact) mass is 288 g/mol. The number of likely N-dealkylation sites (tertiary alicyclic amines) is 1. The van der Waals surface area contributed by atoms with Crippen molar-refractivity contribution in [2.75, 3.05) is 13.1 Å². The highest BCUT2D eigenvalue weighted by Gasteiger charge is 2.22. The van der Waals surface area contributed by atoms with Gasteiger partial charge in [0.2, 0.25) is 0 Å². The molecule has 0 atom stereocenters. The lowest BCUT2D eigenvalue weighted by atomic mass is 9.86. The number of carbonyl (C=O) groups excluding carboxylic acids is 1. The largest absolute Gasteiger partial charge is 0.338 e. The Labute approximate surface area is 125 Å². The first-order chi connectivity index (χ1) is 10.3. The quantitative estimate of drug-likeness (QED) is 0.909. The maximum absolute atomic E-state index is 12.4. The molecule has 0 aromatic carbocycles. The molecule has 0 radical (unpaired) electrons. The first-order valence-corrected chi connectivity index (χ1v) is 8.28. The number of aromatic nitrogens is 1. The summed E-state index contributed by atoms with van der Waals surface area (Å²) in [5.41, 5.74) is 1.10. The van der Waals surface area contributed by atoms with E-state index in [4.69, 9.17) is 0 Å². The van der Waals surface area contributed by atoms with Crippen LogP contribution in [0, 0.1) is 0 Å². The van der Waals surface area contributed by atoms with E-state index in [1.165, 1.54) is 25.7 Å². The molecule has 1 N–H and O–H groups in total. The van der Waals surface area contributed by atoms with Crippen molar-refractivity contribution in [3.8, 4) is 0 Å². The standard InChI is InChI=1S/C17H24N2O2/c20-16-14(17(21)19-11-5-2-6-12-19)9-10-15(18-16)13-7-3-1-4-8-13/h9-10,13H,1-8,11-12H2,(H,18,20). The van der Waals surface area contributed by atoms with Crippen LogP contribution in [0.15, 0.2) is 16.9 Å². The van der Waals surface area contributed by atoms with E-state index in [1.807, 2.05) is 11.0 Å². The number of H-pyrrole nitrogens is 1. The molecule has 21 heavy (non-hydrogen) atoms. The minimum Gasteiger partial charge on any atom is -0.338 e. The molecule has 1 aromatic rings. The number of rotatable bonds is 2. The number of piperidine rings is 1. The zero-order chi connectivity index (χ0) is 14.7. The van der Waals surface area contributed by atoms with Crippen molar-refractivity contribution < 1.29 is 4.79 Å². The summed E-state index contributed by atoms with van der Waals surface area (Å²) in [5.74, 6) is 0.358. The van der Waals surface area contributed by atoms with Crippen LogP contribution in [-0.2, 0) is 0 Å². The van der Waals surface area contributed by atoms with Gasteiger partial charge < -0.3 is 9.88 Å². The summed E-state index contributed by atoms with van der Waals surface area (Å²) < 4.78 is 0. The van der Waals surface area contributed by atoms with E-state index in [2.05, 4.69) is 4.98 Å². The molecule has 3 rings (SSSR count). The molecule has 4 nitrogen and oxygen atoms in total. The SMILES string of the molecule is O=C(c1ccc(C2CCCCC2)[nH]c1=O)N1CCCCC1. The molecule has 114 valence electrons. The smallest absolute Gasteiger partial charge is 0.261 e. The van der Waals surface area contributed by atoms with E-state index >= 15 is 0 Å². The van der Waals surface area contributed by atoms with E-state index in [0.29, 0.717) is 11.5 Å². The lowest BCUT2D eigenvalue weighted by molar-refractivity contribution is 0.0722. The van der Waals surface area contributed by atoms with Gasteiger partial charge in [-0.1, -0.05) is 19.3 Å². The molecule has 2 fully saturated rings. The first kappa shape index (κ1) is 14.4. The van der Waals surface area contributed by atoms with Crippen LogP contribution in [0.25, 0.3) is 0 Å². The van der Waals surface area contributed by atoms with Gasteiger partial charge in [-0.15, -0.1) is 0 Å². The third kappa shape index (κ3) is 3.20. The predicted molar refractivity (Wildman–Crippen MR) is 82.6 cm³/mol. The Morgan fingerprint density at radius 2 is 1.67 bits per heavy atom. The van der Waals surface area contributed by atoms with Crippen molar-refractivity contribution in [2.45, 2.75) is 57.3 Å². The molecule has 0 spiro atoms. The summed E-state index contributed by atoms with van der Waals surface area (Å²) in [6, 6.07) is 3.69. The number of nitrogens with one attached hydrogen (secondary N) is 1. The van der Waals surface area contributed by atoms with E-state index < -0.39 is 0 Å². The average molecular weight is 288 g/mol. The molecule has 2 heterocycles. The van der Waals surface area contributed by atoms with Gasteiger partial charge in [0.15, 0.2) is 0 Å². The fraction of sp³-hybridized carbons (Fsp3) is 0.647. The Bertz CT molecular complexity index is 552. The number of hydrogen-bond donors (Lipinski definition) is 1. The fourth-order valence-electron chi connectivity index (χ4n) is 3.58. The Balaban J connectivity index is 1.77. The average Bonchev–Trinajstić information content (AvgIpc) is 2.56. The van der Waals surface area contributed by atoms with Gasteiger partial charge in [0, 0.05) is 18.8 Å². The minimum atomic E-state index is -0.214. The highest BCUT2D eigenvalue weighted by atomic mass is 16.2. The normalized spacial score (nSPS) is 20.5. The van der Waals surface area contributed by atoms with Gasteiger partial charge in [-0.05, 0) is 50.2 Å². The van der Waals surface area contributed by atoms with E-state index in [-0.39, 0.29) is 11.5 Å². The second kappa shape index (κ2) is 6.46. The van der Waals surface area contributed by atoms with E-state index in [1.54, 1.807) is 6.07 Å². The van der Waals surface area contributed by atoms with Crippen LogP contribution in [0.3, 0.4) is 0 Å². The molecule has 1 aliphatic carbocycles. The first-order valence-electron chi connectivity index (χ1n) is 8.28. The second-order valence-electron chi connectivity index (χ2n) is 6.34.